The molecule has 4 heteroatoms. The lowest BCUT2D eigenvalue weighted by atomic mass is 9.95. The highest BCUT2D eigenvalue weighted by atomic mass is 16.2. The summed E-state index contributed by atoms with van der Waals surface area (Å²) in [7, 11) is 0. The third-order valence-electron chi connectivity index (χ3n) is 4.24. The Bertz CT molecular complexity index is 655. The van der Waals surface area contributed by atoms with Crippen molar-refractivity contribution in [3.63, 3.8) is 0 Å². The lowest BCUT2D eigenvalue weighted by Gasteiger charge is -2.39. The molecule has 4 nitrogen and oxygen atoms in total. The largest absolute Gasteiger partial charge is 0.350 e. The SMILES string of the molecule is CC(C)CC1CN(C(=O)C#Cc2ccccc2)C(CC(C)C)C(=O)N1. The van der Waals surface area contributed by atoms with Gasteiger partial charge in [-0.25, -0.2) is 0 Å². The van der Waals surface area contributed by atoms with Gasteiger partial charge in [0, 0.05) is 24.1 Å². The first-order chi connectivity index (χ1) is 11.9. The summed E-state index contributed by atoms with van der Waals surface area (Å²) in [5.74, 6) is 6.10. The van der Waals surface area contributed by atoms with Crippen LogP contribution in [0.4, 0.5) is 0 Å². The summed E-state index contributed by atoms with van der Waals surface area (Å²) in [6, 6.07) is 9.01. The topological polar surface area (TPSA) is 49.4 Å². The molecular weight excluding hydrogens is 312 g/mol. The van der Waals surface area contributed by atoms with Crippen molar-refractivity contribution in [2.24, 2.45) is 11.8 Å². The molecular formula is C21H28N2O2. The highest BCUT2D eigenvalue weighted by molar-refractivity contribution is 5.98. The van der Waals surface area contributed by atoms with Gasteiger partial charge in [0.1, 0.15) is 6.04 Å². The average molecular weight is 340 g/mol. The molecule has 1 fully saturated rings. The van der Waals surface area contributed by atoms with Gasteiger partial charge < -0.3 is 10.2 Å². The van der Waals surface area contributed by atoms with Crippen LogP contribution in [0.1, 0.15) is 46.1 Å². The number of hydrogen-bond donors (Lipinski definition) is 1. The highest BCUT2D eigenvalue weighted by Gasteiger charge is 2.37. The molecule has 2 atom stereocenters. The predicted octanol–water partition coefficient (Wildman–Crippen LogP) is 2.83. The minimum absolute atomic E-state index is 0.00149. The van der Waals surface area contributed by atoms with Crippen LogP contribution in [0.25, 0.3) is 0 Å². The number of rotatable bonds is 4. The molecule has 0 aliphatic carbocycles. The molecule has 1 aromatic rings. The monoisotopic (exact) mass is 340 g/mol. The van der Waals surface area contributed by atoms with Crippen LogP contribution in [-0.2, 0) is 9.59 Å². The molecule has 2 amide bonds. The van der Waals surface area contributed by atoms with Crippen LogP contribution >= 0.6 is 0 Å². The van der Waals surface area contributed by atoms with Crippen molar-refractivity contribution in [3.8, 4) is 11.8 Å². The number of nitrogens with zero attached hydrogens (tertiary/aromatic N) is 1. The van der Waals surface area contributed by atoms with Crippen LogP contribution in [0.5, 0.6) is 0 Å². The molecule has 1 heterocycles. The van der Waals surface area contributed by atoms with E-state index in [-0.39, 0.29) is 17.9 Å². The zero-order valence-electron chi connectivity index (χ0n) is 15.6. The molecule has 2 unspecified atom stereocenters. The van der Waals surface area contributed by atoms with Crippen LogP contribution < -0.4 is 5.32 Å². The van der Waals surface area contributed by atoms with Gasteiger partial charge >= 0.3 is 0 Å². The molecule has 0 saturated carbocycles. The summed E-state index contributed by atoms with van der Waals surface area (Å²) < 4.78 is 0. The van der Waals surface area contributed by atoms with E-state index in [1.165, 1.54) is 0 Å². The number of nitrogens with one attached hydrogen (secondary N) is 1. The van der Waals surface area contributed by atoms with Crippen LogP contribution in [0.3, 0.4) is 0 Å². The Kier molecular flexibility index (Phi) is 6.64. The van der Waals surface area contributed by atoms with E-state index in [0.29, 0.717) is 24.8 Å². The first-order valence-electron chi connectivity index (χ1n) is 9.04. The first kappa shape index (κ1) is 19.1. The number of amides is 2. The normalized spacial score (nSPS) is 20.2. The summed E-state index contributed by atoms with van der Waals surface area (Å²) in [6.07, 6.45) is 1.51. The minimum Gasteiger partial charge on any atom is -0.350 e. The van der Waals surface area contributed by atoms with Gasteiger partial charge in [0.2, 0.25) is 5.91 Å². The lowest BCUT2D eigenvalue weighted by Crippen LogP contribution is -2.61. The zero-order valence-corrected chi connectivity index (χ0v) is 15.6. The van der Waals surface area contributed by atoms with E-state index in [4.69, 9.17) is 0 Å². The minimum atomic E-state index is -0.430. The number of carbonyl (C=O) groups is 2. The maximum absolute atomic E-state index is 12.7. The van der Waals surface area contributed by atoms with E-state index in [1.54, 1.807) is 4.90 Å². The van der Waals surface area contributed by atoms with Crippen LogP contribution in [-0.4, -0.2) is 35.3 Å². The summed E-state index contributed by atoms with van der Waals surface area (Å²) in [5, 5.41) is 3.08. The fourth-order valence-corrected chi connectivity index (χ4v) is 3.18. The smallest absolute Gasteiger partial charge is 0.299 e. The Morgan fingerprint density at radius 2 is 1.80 bits per heavy atom. The second-order valence-corrected chi connectivity index (χ2v) is 7.55. The maximum Gasteiger partial charge on any atom is 0.299 e. The van der Waals surface area contributed by atoms with Crippen molar-refractivity contribution in [3.05, 3.63) is 35.9 Å². The Hall–Kier alpha value is -2.28. The Morgan fingerprint density at radius 3 is 2.40 bits per heavy atom. The second kappa shape index (κ2) is 8.71. The van der Waals surface area contributed by atoms with Crippen molar-refractivity contribution >= 4 is 11.8 Å². The fourth-order valence-electron chi connectivity index (χ4n) is 3.18. The molecule has 1 aromatic carbocycles. The molecule has 1 saturated heterocycles. The number of benzene rings is 1. The summed E-state index contributed by atoms with van der Waals surface area (Å²) in [6.45, 7) is 8.89. The van der Waals surface area contributed by atoms with Crippen LogP contribution in [0.15, 0.2) is 30.3 Å². The van der Waals surface area contributed by atoms with E-state index in [1.807, 2.05) is 30.3 Å². The predicted molar refractivity (Wildman–Crippen MR) is 99.7 cm³/mol. The van der Waals surface area contributed by atoms with E-state index in [0.717, 1.165) is 12.0 Å². The van der Waals surface area contributed by atoms with Gasteiger partial charge in [-0.05, 0) is 36.8 Å². The molecule has 1 aliphatic rings. The molecule has 0 spiro atoms. The van der Waals surface area contributed by atoms with Gasteiger partial charge in [-0.15, -0.1) is 0 Å². The van der Waals surface area contributed by atoms with Gasteiger partial charge in [0.05, 0.1) is 0 Å². The van der Waals surface area contributed by atoms with Gasteiger partial charge in [-0.3, -0.25) is 9.59 Å². The lowest BCUT2D eigenvalue weighted by molar-refractivity contribution is -0.142. The average Bonchev–Trinajstić information content (AvgIpc) is 2.55. The second-order valence-electron chi connectivity index (χ2n) is 7.55. The fraction of sp³-hybridized carbons (Fsp3) is 0.524. The number of piperazine rings is 1. The first-order valence-corrected chi connectivity index (χ1v) is 9.04. The van der Waals surface area contributed by atoms with Gasteiger partial charge in [0.15, 0.2) is 0 Å². The van der Waals surface area contributed by atoms with E-state index >= 15 is 0 Å². The van der Waals surface area contributed by atoms with Crippen molar-refractivity contribution < 1.29 is 9.59 Å². The quantitative estimate of drug-likeness (QED) is 0.857. The Balaban J connectivity index is 2.19. The highest BCUT2D eigenvalue weighted by Crippen LogP contribution is 2.19. The van der Waals surface area contributed by atoms with Crippen LogP contribution in [0, 0.1) is 23.7 Å². The van der Waals surface area contributed by atoms with Gasteiger partial charge in [-0.1, -0.05) is 51.8 Å². The summed E-state index contributed by atoms with van der Waals surface area (Å²) in [4.78, 5) is 26.9. The Morgan fingerprint density at radius 1 is 1.16 bits per heavy atom. The third kappa shape index (κ3) is 5.63. The van der Waals surface area contributed by atoms with Gasteiger partial charge in [-0.2, -0.15) is 0 Å². The van der Waals surface area contributed by atoms with E-state index in [9.17, 15) is 9.59 Å². The maximum atomic E-state index is 12.7. The molecule has 2 rings (SSSR count). The summed E-state index contributed by atoms with van der Waals surface area (Å²) in [5.41, 5.74) is 0.802. The molecule has 1 aliphatic heterocycles. The van der Waals surface area contributed by atoms with Crippen molar-refractivity contribution in [2.75, 3.05) is 6.54 Å². The molecule has 25 heavy (non-hydrogen) atoms. The number of hydrogen-bond acceptors (Lipinski definition) is 2. The van der Waals surface area contributed by atoms with Crippen molar-refractivity contribution in [1.29, 1.82) is 0 Å². The summed E-state index contributed by atoms with van der Waals surface area (Å²) >= 11 is 0. The van der Waals surface area contributed by atoms with E-state index < -0.39 is 6.04 Å². The zero-order chi connectivity index (χ0) is 18.4. The molecule has 134 valence electrons. The van der Waals surface area contributed by atoms with Gasteiger partial charge in [0.25, 0.3) is 5.91 Å². The van der Waals surface area contributed by atoms with Crippen molar-refractivity contribution in [1.82, 2.24) is 10.2 Å². The molecule has 0 aromatic heterocycles. The number of carbonyl (C=O) groups excluding carboxylic acids is 2. The van der Waals surface area contributed by atoms with Crippen molar-refractivity contribution in [2.45, 2.75) is 52.6 Å². The van der Waals surface area contributed by atoms with E-state index in [2.05, 4.69) is 44.9 Å². The Labute approximate surface area is 151 Å². The molecule has 0 bridgehead atoms. The standard InChI is InChI=1S/C21H28N2O2/c1-15(2)12-18-14-23(19(13-16(3)4)21(25)22-18)20(24)11-10-17-8-6-5-7-9-17/h5-9,15-16,18-19H,12-14H2,1-4H3,(H,22,25). The third-order valence-corrected chi connectivity index (χ3v) is 4.24. The van der Waals surface area contributed by atoms with Crippen LogP contribution in [0.2, 0.25) is 0 Å². The molecule has 1 N–H and O–H groups in total. The molecule has 0 radical (unpaired) electrons.